The van der Waals surface area contributed by atoms with Crippen LogP contribution in [0.1, 0.15) is 53.6 Å². The van der Waals surface area contributed by atoms with Crippen molar-refractivity contribution in [1.82, 2.24) is 20.1 Å². The van der Waals surface area contributed by atoms with E-state index in [4.69, 9.17) is 9.47 Å². The number of aromatic nitrogens is 1. The Morgan fingerprint density at radius 3 is 2.51 bits per heavy atom. The summed E-state index contributed by atoms with van der Waals surface area (Å²) in [7, 11) is 0. The van der Waals surface area contributed by atoms with E-state index in [-0.39, 0.29) is 29.8 Å². The first kappa shape index (κ1) is 29.5. The third kappa shape index (κ3) is 7.17. The van der Waals surface area contributed by atoms with Crippen LogP contribution < -0.4 is 10.1 Å². The van der Waals surface area contributed by atoms with Gasteiger partial charge in [-0.25, -0.2) is 4.98 Å². The summed E-state index contributed by atoms with van der Waals surface area (Å²) in [5.74, 6) is 0.290. The minimum absolute atomic E-state index is 0.0530. The molecule has 2 aliphatic rings. The van der Waals surface area contributed by atoms with Gasteiger partial charge in [-0.1, -0.05) is 13.8 Å². The highest BCUT2D eigenvalue weighted by Crippen LogP contribution is 2.44. The Kier molecular flexibility index (Phi) is 9.01. The highest BCUT2D eigenvalue weighted by Gasteiger charge is 2.42. The molecular weight excluding hydrogens is 533 g/mol. The van der Waals surface area contributed by atoms with Crippen LogP contribution >= 0.6 is 11.3 Å². The Labute approximate surface area is 230 Å². The predicted octanol–water partition coefficient (Wildman–Crippen LogP) is 3.96. The number of morpholine rings is 1. The monoisotopic (exact) mass is 568 g/mol. The van der Waals surface area contributed by atoms with E-state index < -0.39 is 22.8 Å². The normalized spacial score (nSPS) is 18.9. The number of hydrogen-bond acceptors (Lipinski definition) is 8. The largest absolute Gasteiger partial charge is 0.492 e. The van der Waals surface area contributed by atoms with Gasteiger partial charge in [0.1, 0.15) is 18.6 Å². The van der Waals surface area contributed by atoms with Gasteiger partial charge in [-0.15, -0.1) is 11.3 Å². The van der Waals surface area contributed by atoms with Crippen molar-refractivity contribution in [1.29, 1.82) is 0 Å². The second-order valence-electron chi connectivity index (χ2n) is 10.6. The molecule has 0 radical (unpaired) electrons. The van der Waals surface area contributed by atoms with Crippen LogP contribution in [0.3, 0.4) is 0 Å². The van der Waals surface area contributed by atoms with Crippen molar-refractivity contribution >= 4 is 22.8 Å². The highest BCUT2D eigenvalue weighted by molar-refractivity contribution is 7.12. The number of fused-ring (bicyclic) bond motifs is 1. The number of alkyl halides is 3. The van der Waals surface area contributed by atoms with Crippen LogP contribution in [0.5, 0.6) is 5.75 Å². The van der Waals surface area contributed by atoms with Gasteiger partial charge in [0.05, 0.1) is 18.9 Å². The van der Waals surface area contributed by atoms with Gasteiger partial charge in [0.25, 0.3) is 5.91 Å². The quantitative estimate of drug-likeness (QED) is 0.466. The molecular formula is C27H35F3N4O4S. The zero-order valence-corrected chi connectivity index (χ0v) is 23.4. The van der Waals surface area contributed by atoms with E-state index in [9.17, 15) is 23.1 Å². The molecule has 3 heterocycles. The van der Waals surface area contributed by atoms with Gasteiger partial charge in [0.2, 0.25) is 0 Å². The predicted molar refractivity (Wildman–Crippen MR) is 143 cm³/mol. The van der Waals surface area contributed by atoms with Gasteiger partial charge in [-0.05, 0) is 38.1 Å². The van der Waals surface area contributed by atoms with Gasteiger partial charge in [-0.3, -0.25) is 15.0 Å². The Bertz CT molecular complexity index is 1170. The van der Waals surface area contributed by atoms with Crippen molar-refractivity contribution in [2.24, 2.45) is 0 Å². The van der Waals surface area contributed by atoms with Crippen LogP contribution in [0.2, 0.25) is 0 Å². The zero-order valence-electron chi connectivity index (χ0n) is 22.5. The van der Waals surface area contributed by atoms with Gasteiger partial charge >= 0.3 is 6.18 Å². The number of ether oxygens (including phenoxy) is 2. The number of carbonyl (C=O) groups excluding carboxylic acids is 1. The van der Waals surface area contributed by atoms with Gasteiger partial charge in [0, 0.05) is 59.8 Å². The first-order valence-electron chi connectivity index (χ1n) is 12.9. The minimum atomic E-state index is -4.62. The molecule has 0 spiro atoms. The molecule has 0 aliphatic carbocycles. The number of aliphatic hydroxyl groups excluding tert-OH is 1. The molecule has 1 unspecified atom stereocenters. The number of carbonyl (C=O) groups is 1. The molecule has 1 amide bonds. The number of thiazole rings is 1. The Hall–Kier alpha value is -2.51. The van der Waals surface area contributed by atoms with Crippen LogP contribution in [-0.2, 0) is 16.3 Å². The van der Waals surface area contributed by atoms with E-state index in [2.05, 4.69) is 15.2 Å². The lowest BCUT2D eigenvalue weighted by Crippen LogP contribution is -2.38. The highest BCUT2D eigenvalue weighted by atomic mass is 32.1. The fourth-order valence-electron chi connectivity index (χ4n) is 4.58. The number of rotatable bonds is 8. The third-order valence-corrected chi connectivity index (χ3v) is 8.01. The molecule has 0 saturated carbocycles. The molecule has 4 rings (SSSR count). The number of nitrogens with one attached hydrogen (secondary N) is 1. The molecule has 1 fully saturated rings. The number of benzene rings is 1. The summed E-state index contributed by atoms with van der Waals surface area (Å²) in [6.45, 7) is 11.7. The average Bonchev–Trinajstić information content (AvgIpc) is 3.30. The number of aliphatic hydroxyl groups is 1. The van der Waals surface area contributed by atoms with Crippen LogP contribution in [0.15, 0.2) is 30.5 Å². The fraction of sp³-hybridized carbons (Fsp3) is 0.556. The minimum Gasteiger partial charge on any atom is -0.492 e. The van der Waals surface area contributed by atoms with Gasteiger partial charge in [-0.2, -0.15) is 13.2 Å². The molecule has 8 nitrogen and oxygen atoms in total. The maximum absolute atomic E-state index is 13.6. The Balaban J connectivity index is 1.56. The van der Waals surface area contributed by atoms with Crippen molar-refractivity contribution in [3.8, 4) is 5.75 Å². The molecule has 39 heavy (non-hydrogen) atoms. The first-order chi connectivity index (χ1) is 18.3. The first-order valence-corrected chi connectivity index (χ1v) is 13.8. The van der Waals surface area contributed by atoms with E-state index in [1.165, 1.54) is 11.1 Å². The maximum Gasteiger partial charge on any atom is 0.443 e. The summed E-state index contributed by atoms with van der Waals surface area (Å²) < 4.78 is 51.9. The molecule has 1 saturated heterocycles. The molecule has 214 valence electrons. The van der Waals surface area contributed by atoms with Crippen molar-refractivity contribution in [2.75, 3.05) is 46.0 Å². The van der Waals surface area contributed by atoms with Crippen molar-refractivity contribution < 1.29 is 32.5 Å². The van der Waals surface area contributed by atoms with Crippen LogP contribution in [0.25, 0.3) is 5.57 Å². The summed E-state index contributed by atoms with van der Waals surface area (Å²) in [6.07, 6.45) is -4.52. The fourth-order valence-corrected chi connectivity index (χ4v) is 5.63. The summed E-state index contributed by atoms with van der Waals surface area (Å²) in [5.41, 5.74) is -0.294. The zero-order chi connectivity index (χ0) is 28.4. The molecule has 2 aromatic rings. The standard InChI is InChI=1S/C27H35F3N4O4S/c1-17(2)31-23(35)20-15-34(16-26(3,4)22-21(20)32-25(39-22)27(28,29)30)24(36)18-5-7-19(8-6-18)38-14-11-33-9-12-37-13-10-33/h5-8,15,17,23,31,35H,9-14,16H2,1-4H3. The molecule has 2 aliphatic heterocycles. The van der Waals surface area contributed by atoms with Gasteiger partial charge in [0.15, 0.2) is 5.01 Å². The van der Waals surface area contributed by atoms with E-state index >= 15 is 0 Å². The second kappa shape index (κ2) is 11.9. The Morgan fingerprint density at radius 1 is 1.23 bits per heavy atom. The van der Waals surface area contributed by atoms with Crippen molar-refractivity contribution in [2.45, 2.75) is 51.6 Å². The lowest BCUT2D eigenvalue weighted by Gasteiger charge is -2.28. The van der Waals surface area contributed by atoms with E-state index in [0.29, 0.717) is 34.1 Å². The van der Waals surface area contributed by atoms with E-state index in [0.717, 1.165) is 32.8 Å². The van der Waals surface area contributed by atoms with Crippen LogP contribution in [0, 0.1) is 0 Å². The number of halogens is 3. The molecule has 0 bridgehead atoms. The molecule has 1 aromatic heterocycles. The molecule has 2 N–H and O–H groups in total. The molecule has 1 aromatic carbocycles. The van der Waals surface area contributed by atoms with Crippen molar-refractivity contribution in [3.63, 3.8) is 0 Å². The number of amides is 1. The summed E-state index contributed by atoms with van der Waals surface area (Å²) in [5, 5.41) is 12.9. The van der Waals surface area contributed by atoms with Crippen molar-refractivity contribution in [3.05, 3.63) is 51.6 Å². The Morgan fingerprint density at radius 2 is 1.90 bits per heavy atom. The van der Waals surface area contributed by atoms with E-state index in [1.807, 2.05) is 0 Å². The molecule has 12 heteroatoms. The summed E-state index contributed by atoms with van der Waals surface area (Å²) >= 11 is 0.551. The summed E-state index contributed by atoms with van der Waals surface area (Å²) in [4.78, 5) is 21.5. The van der Waals surface area contributed by atoms with Crippen LogP contribution in [0.4, 0.5) is 13.2 Å². The number of nitrogens with zero attached hydrogens (tertiary/aromatic N) is 3. The third-order valence-electron chi connectivity index (χ3n) is 6.55. The van der Waals surface area contributed by atoms with Gasteiger partial charge < -0.3 is 19.5 Å². The topological polar surface area (TPSA) is 87.2 Å². The number of hydrogen-bond donors (Lipinski definition) is 2. The van der Waals surface area contributed by atoms with E-state index in [1.54, 1.807) is 52.0 Å². The SMILES string of the molecule is CC(C)NC(O)C1=CN(C(=O)c2ccc(OCCN3CCOCC3)cc2)CC(C)(C)c2sc(C(F)(F)F)nc21. The smallest absolute Gasteiger partial charge is 0.443 e. The molecule has 1 atom stereocenters. The second-order valence-corrected chi connectivity index (χ2v) is 11.6. The lowest BCUT2D eigenvalue weighted by molar-refractivity contribution is -0.137. The average molecular weight is 569 g/mol. The lowest BCUT2D eigenvalue weighted by atomic mass is 9.89. The van der Waals surface area contributed by atoms with Crippen LogP contribution in [-0.4, -0.2) is 84.1 Å². The summed E-state index contributed by atoms with van der Waals surface area (Å²) in [6, 6.07) is 6.61. The maximum atomic E-state index is 13.6.